The lowest BCUT2D eigenvalue weighted by Gasteiger charge is -2.32. The fourth-order valence-corrected chi connectivity index (χ4v) is 4.30. The van der Waals surface area contributed by atoms with Gasteiger partial charge in [0, 0.05) is 41.4 Å². The van der Waals surface area contributed by atoms with Crippen LogP contribution in [0.25, 0.3) is 0 Å². The van der Waals surface area contributed by atoms with Gasteiger partial charge in [-0.2, -0.15) is 5.10 Å². The minimum atomic E-state index is -0.195. The molecule has 178 valence electrons. The summed E-state index contributed by atoms with van der Waals surface area (Å²) in [4.78, 5) is 25.2. The van der Waals surface area contributed by atoms with Crippen molar-refractivity contribution in [2.24, 2.45) is 0 Å². The number of nitrogens with zero attached hydrogens (tertiary/aromatic N) is 4. The molecule has 1 saturated heterocycles. The molecule has 1 aliphatic rings. The molecule has 2 aromatic heterocycles. The van der Waals surface area contributed by atoms with Gasteiger partial charge in [0.1, 0.15) is 23.2 Å². The van der Waals surface area contributed by atoms with Crippen molar-refractivity contribution in [1.82, 2.24) is 20.2 Å². The van der Waals surface area contributed by atoms with Crippen LogP contribution in [0.2, 0.25) is 0 Å². The van der Waals surface area contributed by atoms with E-state index >= 15 is 0 Å². The van der Waals surface area contributed by atoms with E-state index in [-0.39, 0.29) is 5.91 Å². The zero-order valence-electron chi connectivity index (χ0n) is 19.4. The molecule has 9 nitrogen and oxygen atoms in total. The van der Waals surface area contributed by atoms with E-state index in [1.165, 1.54) is 11.8 Å². The van der Waals surface area contributed by atoms with Gasteiger partial charge in [0.15, 0.2) is 5.16 Å². The lowest BCUT2D eigenvalue weighted by atomic mass is 10.2. The van der Waals surface area contributed by atoms with Crippen LogP contribution >= 0.6 is 11.8 Å². The largest absolute Gasteiger partial charge is 0.497 e. The number of rotatable bonds is 8. The number of H-pyrrole nitrogens is 1. The van der Waals surface area contributed by atoms with Crippen LogP contribution in [0.15, 0.2) is 70.7 Å². The molecule has 35 heavy (non-hydrogen) atoms. The first-order valence-electron chi connectivity index (χ1n) is 11.2. The summed E-state index contributed by atoms with van der Waals surface area (Å²) in [6.07, 6.45) is 1.16. The molecular weight excluding hydrogens is 462 g/mol. The molecule has 1 aliphatic heterocycles. The highest BCUT2D eigenvalue weighted by Crippen LogP contribution is 2.31. The Morgan fingerprint density at radius 3 is 2.60 bits per heavy atom. The maximum atomic E-state index is 12.6. The first kappa shape index (κ1) is 22.7. The molecule has 10 heteroatoms. The molecule has 2 aromatic carbocycles. The Morgan fingerprint density at radius 1 is 1.09 bits per heavy atom. The number of carbonyl (C=O) groups is 1. The number of hydrogen-bond donors (Lipinski definition) is 3. The van der Waals surface area contributed by atoms with Gasteiger partial charge in [-0.15, -0.1) is 0 Å². The van der Waals surface area contributed by atoms with Crippen molar-refractivity contribution in [3.63, 3.8) is 0 Å². The van der Waals surface area contributed by atoms with E-state index in [0.29, 0.717) is 28.0 Å². The van der Waals surface area contributed by atoms with Crippen molar-refractivity contribution in [2.45, 2.75) is 23.4 Å². The standard InChI is InChI=1S/C25H25N7O2S/c1-16-13-22(31-30-16)27-21-15-23(32-11-4-12-32)29-25(28-21)35-20-9-7-18(8-10-20)26-24(33)17-5-3-6-19(14-17)34-2/h3,5-10,13-15H,4,11-12H2,1-2H3,(H,26,33)(H2,27,28,29,30,31). The topological polar surface area (TPSA) is 108 Å². The molecule has 0 radical (unpaired) electrons. The summed E-state index contributed by atoms with van der Waals surface area (Å²) >= 11 is 1.47. The van der Waals surface area contributed by atoms with Crippen LogP contribution < -0.4 is 20.3 Å². The van der Waals surface area contributed by atoms with Crippen molar-refractivity contribution in [3.8, 4) is 5.75 Å². The lowest BCUT2D eigenvalue weighted by molar-refractivity contribution is 0.102. The third-order valence-electron chi connectivity index (χ3n) is 5.49. The zero-order valence-corrected chi connectivity index (χ0v) is 20.2. The van der Waals surface area contributed by atoms with Gasteiger partial charge in [0.2, 0.25) is 0 Å². The zero-order chi connectivity index (χ0) is 24.2. The van der Waals surface area contributed by atoms with Gasteiger partial charge < -0.3 is 20.3 Å². The molecule has 5 rings (SSSR count). The molecule has 3 heterocycles. The third kappa shape index (κ3) is 5.55. The number of aromatic nitrogens is 4. The maximum absolute atomic E-state index is 12.6. The Hall–Kier alpha value is -4.05. The molecule has 0 saturated carbocycles. The quantitative estimate of drug-likeness (QED) is 0.302. The summed E-state index contributed by atoms with van der Waals surface area (Å²) in [6.45, 7) is 3.91. The number of anilines is 4. The summed E-state index contributed by atoms with van der Waals surface area (Å²) in [5.74, 6) is 2.83. The second-order valence-corrected chi connectivity index (χ2v) is 9.14. The van der Waals surface area contributed by atoms with Crippen molar-refractivity contribution in [1.29, 1.82) is 0 Å². The first-order chi connectivity index (χ1) is 17.1. The molecule has 1 amide bonds. The predicted octanol–water partition coefficient (Wildman–Crippen LogP) is 4.87. The number of amides is 1. The van der Waals surface area contributed by atoms with Gasteiger partial charge in [0.05, 0.1) is 12.8 Å². The maximum Gasteiger partial charge on any atom is 0.255 e. The Balaban J connectivity index is 1.30. The fraction of sp³-hybridized carbons (Fsp3) is 0.200. The van der Waals surface area contributed by atoms with Crippen molar-refractivity contribution >= 4 is 40.8 Å². The minimum Gasteiger partial charge on any atom is -0.497 e. The van der Waals surface area contributed by atoms with E-state index in [4.69, 9.17) is 9.72 Å². The molecular formula is C25H25N7O2S. The molecule has 1 fully saturated rings. The Kier molecular flexibility index (Phi) is 6.53. The molecule has 0 bridgehead atoms. The SMILES string of the molecule is COc1cccc(C(=O)Nc2ccc(Sc3nc(Nc4cc(C)n[nH]4)cc(N4CCC4)n3)cc2)c1. The van der Waals surface area contributed by atoms with Crippen LogP contribution in [0.1, 0.15) is 22.5 Å². The van der Waals surface area contributed by atoms with Crippen molar-refractivity contribution in [2.75, 3.05) is 35.7 Å². The highest BCUT2D eigenvalue weighted by Gasteiger charge is 2.18. The average Bonchev–Trinajstić information content (AvgIpc) is 3.23. The number of aryl methyl sites for hydroxylation is 1. The average molecular weight is 488 g/mol. The molecule has 0 atom stereocenters. The van der Waals surface area contributed by atoms with Crippen LogP contribution in [0, 0.1) is 6.92 Å². The van der Waals surface area contributed by atoms with E-state index in [1.807, 2.05) is 43.3 Å². The van der Waals surface area contributed by atoms with Gasteiger partial charge in [-0.25, -0.2) is 9.97 Å². The van der Waals surface area contributed by atoms with Gasteiger partial charge in [0.25, 0.3) is 5.91 Å². The summed E-state index contributed by atoms with van der Waals surface area (Å²) in [5, 5.41) is 14.0. The second-order valence-electron chi connectivity index (χ2n) is 8.10. The number of ether oxygens (including phenoxy) is 1. The van der Waals surface area contributed by atoms with E-state index in [2.05, 4.69) is 30.7 Å². The fourth-order valence-electron chi connectivity index (χ4n) is 3.53. The molecule has 0 unspecified atom stereocenters. The van der Waals surface area contributed by atoms with Gasteiger partial charge in [-0.1, -0.05) is 6.07 Å². The van der Waals surface area contributed by atoms with Crippen molar-refractivity contribution in [3.05, 3.63) is 71.9 Å². The summed E-state index contributed by atoms with van der Waals surface area (Å²) in [7, 11) is 1.58. The van der Waals surface area contributed by atoms with E-state index in [9.17, 15) is 4.79 Å². The van der Waals surface area contributed by atoms with E-state index < -0.39 is 0 Å². The smallest absolute Gasteiger partial charge is 0.255 e. The Bertz CT molecular complexity index is 1340. The number of aromatic amines is 1. The minimum absolute atomic E-state index is 0.195. The molecule has 4 aromatic rings. The van der Waals surface area contributed by atoms with Crippen LogP contribution in [0.5, 0.6) is 5.75 Å². The predicted molar refractivity (Wildman–Crippen MR) is 137 cm³/mol. The van der Waals surface area contributed by atoms with E-state index in [1.54, 1.807) is 31.4 Å². The number of carbonyl (C=O) groups excluding carboxylic acids is 1. The van der Waals surface area contributed by atoms with Crippen molar-refractivity contribution < 1.29 is 9.53 Å². The molecule has 3 N–H and O–H groups in total. The van der Waals surface area contributed by atoms with Gasteiger partial charge >= 0.3 is 0 Å². The summed E-state index contributed by atoms with van der Waals surface area (Å²) in [5.41, 5.74) is 2.14. The first-order valence-corrected chi connectivity index (χ1v) is 12.0. The normalized spacial score (nSPS) is 12.7. The van der Waals surface area contributed by atoms with Crippen LogP contribution in [-0.2, 0) is 0 Å². The Labute approximate surface area is 207 Å². The van der Waals surface area contributed by atoms with Crippen LogP contribution in [-0.4, -0.2) is 46.3 Å². The van der Waals surface area contributed by atoms with E-state index in [0.717, 1.165) is 41.7 Å². The highest BCUT2D eigenvalue weighted by atomic mass is 32.2. The Morgan fingerprint density at radius 2 is 1.91 bits per heavy atom. The number of nitrogens with one attached hydrogen (secondary N) is 3. The highest BCUT2D eigenvalue weighted by molar-refractivity contribution is 7.99. The summed E-state index contributed by atoms with van der Waals surface area (Å²) < 4.78 is 5.20. The summed E-state index contributed by atoms with van der Waals surface area (Å²) in [6, 6.07) is 18.6. The monoisotopic (exact) mass is 487 g/mol. The van der Waals surface area contributed by atoms with Gasteiger partial charge in [-0.3, -0.25) is 9.89 Å². The van der Waals surface area contributed by atoms with Crippen LogP contribution in [0.4, 0.5) is 23.1 Å². The second kappa shape index (κ2) is 10.1. The lowest BCUT2D eigenvalue weighted by Crippen LogP contribution is -2.37. The van der Waals surface area contributed by atoms with Gasteiger partial charge in [-0.05, 0) is 67.6 Å². The number of benzene rings is 2. The van der Waals surface area contributed by atoms with Crippen LogP contribution in [0.3, 0.4) is 0 Å². The molecule has 0 spiro atoms. The number of hydrogen-bond acceptors (Lipinski definition) is 8. The number of methoxy groups -OCH3 is 1. The molecule has 0 aliphatic carbocycles. The third-order valence-corrected chi connectivity index (χ3v) is 6.37.